The zero-order valence-electron chi connectivity index (χ0n) is 20.9. The van der Waals surface area contributed by atoms with E-state index >= 15 is 0 Å². The molecule has 2 amide bonds. The van der Waals surface area contributed by atoms with E-state index < -0.39 is 34.4 Å². The number of sulfonamides is 1. The van der Waals surface area contributed by atoms with Crippen molar-refractivity contribution in [2.75, 3.05) is 26.0 Å². The lowest BCUT2D eigenvalue weighted by Gasteiger charge is -2.33. The number of nitrogens with one attached hydrogen (secondary N) is 1. The molecule has 8 nitrogen and oxygen atoms in total. The molecule has 37 heavy (non-hydrogen) atoms. The first-order valence-corrected chi connectivity index (χ1v) is 13.9. The molecule has 0 bridgehead atoms. The van der Waals surface area contributed by atoms with Crippen molar-refractivity contribution in [3.8, 4) is 0 Å². The average molecular weight is 524 g/mol. The predicted molar refractivity (Wildman–Crippen MR) is 143 cm³/mol. The molecule has 9 heteroatoms. The molecule has 0 fully saturated rings. The highest BCUT2D eigenvalue weighted by Gasteiger charge is 2.32. The summed E-state index contributed by atoms with van der Waals surface area (Å²) in [5.41, 5.74) is 2.40. The molecule has 2 N–H and O–H groups in total. The molecular formula is C28H33N3O5S. The van der Waals surface area contributed by atoms with Crippen molar-refractivity contribution in [3.63, 3.8) is 0 Å². The van der Waals surface area contributed by atoms with Crippen LogP contribution in [-0.2, 0) is 39.1 Å². The van der Waals surface area contributed by atoms with E-state index in [0.717, 1.165) is 27.3 Å². The van der Waals surface area contributed by atoms with Crippen molar-refractivity contribution in [1.29, 1.82) is 0 Å². The van der Waals surface area contributed by atoms with E-state index in [4.69, 9.17) is 0 Å². The number of aliphatic hydroxyl groups is 1. The molecule has 0 radical (unpaired) electrons. The first-order valence-electron chi connectivity index (χ1n) is 12.0. The number of rotatable bonds is 13. The first-order chi connectivity index (χ1) is 17.8. The summed E-state index contributed by atoms with van der Waals surface area (Å²) < 4.78 is 26.4. The summed E-state index contributed by atoms with van der Waals surface area (Å²) in [7, 11) is -3.73. The lowest BCUT2D eigenvalue weighted by atomic mass is 10.0. The number of nitrogens with zero attached hydrogens (tertiary/aromatic N) is 2. The monoisotopic (exact) mass is 523 g/mol. The molecule has 196 valence electrons. The summed E-state index contributed by atoms with van der Waals surface area (Å²) in [6.07, 6.45) is 1.30. The smallest absolute Gasteiger partial charge is 0.243 e. The van der Waals surface area contributed by atoms with Gasteiger partial charge in [0, 0.05) is 26.1 Å². The highest BCUT2D eigenvalue weighted by Crippen LogP contribution is 2.17. The Morgan fingerprint density at radius 1 is 0.811 bits per heavy atom. The number of amides is 2. The van der Waals surface area contributed by atoms with E-state index in [1.54, 1.807) is 24.3 Å². The van der Waals surface area contributed by atoms with Gasteiger partial charge < -0.3 is 15.3 Å². The summed E-state index contributed by atoms with van der Waals surface area (Å²) in [5.74, 6) is -0.915. The molecular weight excluding hydrogens is 490 g/mol. The van der Waals surface area contributed by atoms with Crippen molar-refractivity contribution in [1.82, 2.24) is 14.5 Å². The second-order valence-electron chi connectivity index (χ2n) is 8.74. The van der Waals surface area contributed by atoms with Crippen molar-refractivity contribution < 1.29 is 23.1 Å². The van der Waals surface area contributed by atoms with Crippen molar-refractivity contribution >= 4 is 21.8 Å². The second kappa shape index (κ2) is 13.7. The summed E-state index contributed by atoms with van der Waals surface area (Å²) in [6.45, 7) is -0.466. The summed E-state index contributed by atoms with van der Waals surface area (Å²) in [4.78, 5) is 28.5. The minimum absolute atomic E-state index is 0.0324. The van der Waals surface area contributed by atoms with Gasteiger partial charge >= 0.3 is 0 Å². The van der Waals surface area contributed by atoms with Gasteiger partial charge in [-0.15, -0.1) is 0 Å². The van der Waals surface area contributed by atoms with Crippen LogP contribution < -0.4 is 5.32 Å². The summed E-state index contributed by atoms with van der Waals surface area (Å²) in [5, 5.41) is 11.9. The highest BCUT2D eigenvalue weighted by molar-refractivity contribution is 7.88. The van der Waals surface area contributed by atoms with Crippen LogP contribution in [0.3, 0.4) is 0 Å². The molecule has 0 spiro atoms. The molecule has 0 aliphatic heterocycles. The molecule has 3 aromatic carbocycles. The van der Waals surface area contributed by atoms with E-state index in [0.29, 0.717) is 0 Å². The fourth-order valence-corrected chi connectivity index (χ4v) is 4.68. The standard InChI is InChI=1S/C28H33N3O5S/c1-37(35,36)30(20-24-13-7-3-8-14-24)22-27(33)31(21-25-15-9-4-10-16-25)26(28(34)29-17-18-32)19-23-11-5-2-6-12-23/h2-16,26,32H,17-22H2,1H3,(H,29,34)/t26-/m0/s1. The third-order valence-corrected chi connectivity index (χ3v) is 7.06. The van der Waals surface area contributed by atoms with Gasteiger partial charge in [-0.25, -0.2) is 8.42 Å². The van der Waals surface area contributed by atoms with E-state index in [1.807, 2.05) is 66.7 Å². The van der Waals surface area contributed by atoms with Gasteiger partial charge in [0.1, 0.15) is 6.04 Å². The van der Waals surface area contributed by atoms with Gasteiger partial charge in [0.25, 0.3) is 0 Å². The maximum atomic E-state index is 13.8. The molecule has 0 unspecified atom stereocenters. The molecule has 3 rings (SSSR count). The highest BCUT2D eigenvalue weighted by atomic mass is 32.2. The van der Waals surface area contributed by atoms with Gasteiger partial charge in [-0.1, -0.05) is 91.0 Å². The van der Waals surface area contributed by atoms with E-state index in [-0.39, 0.29) is 32.7 Å². The van der Waals surface area contributed by atoms with Crippen molar-refractivity contribution in [2.45, 2.75) is 25.6 Å². The zero-order valence-corrected chi connectivity index (χ0v) is 21.7. The zero-order chi connectivity index (χ0) is 26.7. The van der Waals surface area contributed by atoms with Crippen LogP contribution >= 0.6 is 0 Å². The third kappa shape index (κ3) is 8.82. The summed E-state index contributed by atoms with van der Waals surface area (Å²) >= 11 is 0. The van der Waals surface area contributed by atoms with E-state index in [1.165, 1.54) is 4.90 Å². The van der Waals surface area contributed by atoms with Crippen LogP contribution in [0.1, 0.15) is 16.7 Å². The lowest BCUT2D eigenvalue weighted by Crippen LogP contribution is -2.53. The molecule has 3 aromatic rings. The van der Waals surface area contributed by atoms with Gasteiger partial charge in [0.05, 0.1) is 19.4 Å². The first kappa shape index (κ1) is 28.0. The Hall–Kier alpha value is -3.53. The van der Waals surface area contributed by atoms with E-state index in [9.17, 15) is 23.1 Å². The van der Waals surface area contributed by atoms with E-state index in [2.05, 4.69) is 5.32 Å². The van der Waals surface area contributed by atoms with Crippen LogP contribution in [0, 0.1) is 0 Å². The molecule has 0 aromatic heterocycles. The fourth-order valence-electron chi connectivity index (χ4n) is 3.95. The van der Waals surface area contributed by atoms with Gasteiger partial charge in [-0.2, -0.15) is 4.31 Å². The second-order valence-corrected chi connectivity index (χ2v) is 10.7. The van der Waals surface area contributed by atoms with Crippen molar-refractivity contribution in [2.24, 2.45) is 0 Å². The Labute approximate surface area is 218 Å². The van der Waals surface area contributed by atoms with Crippen LogP contribution in [0.2, 0.25) is 0 Å². The number of hydrogen-bond donors (Lipinski definition) is 2. The fraction of sp³-hybridized carbons (Fsp3) is 0.286. The normalized spacial score (nSPS) is 12.2. The number of carbonyl (C=O) groups excluding carboxylic acids is 2. The number of hydrogen-bond acceptors (Lipinski definition) is 5. The Bertz CT molecular complexity index is 1240. The number of carbonyl (C=O) groups is 2. The topological polar surface area (TPSA) is 107 Å². The van der Waals surface area contributed by atoms with Crippen LogP contribution in [-0.4, -0.2) is 66.5 Å². The molecule has 1 atom stereocenters. The summed E-state index contributed by atoms with van der Waals surface area (Å²) in [6, 6.07) is 26.7. The predicted octanol–water partition coefficient (Wildman–Crippen LogP) is 2.20. The maximum absolute atomic E-state index is 13.8. The van der Waals surface area contributed by atoms with Crippen LogP contribution in [0.5, 0.6) is 0 Å². The third-order valence-electron chi connectivity index (χ3n) is 5.86. The molecule has 0 aliphatic rings. The molecule has 0 saturated carbocycles. The largest absolute Gasteiger partial charge is 0.395 e. The number of aliphatic hydroxyl groups excluding tert-OH is 1. The van der Waals surface area contributed by atoms with Gasteiger partial charge in [0.2, 0.25) is 21.8 Å². The lowest BCUT2D eigenvalue weighted by molar-refractivity contribution is -0.141. The molecule has 0 heterocycles. The Kier molecular flexibility index (Phi) is 10.4. The quantitative estimate of drug-likeness (QED) is 0.357. The van der Waals surface area contributed by atoms with Gasteiger partial charge in [-0.05, 0) is 16.7 Å². The maximum Gasteiger partial charge on any atom is 0.243 e. The SMILES string of the molecule is CS(=O)(=O)N(CC(=O)N(Cc1ccccc1)[C@@H](Cc1ccccc1)C(=O)NCCO)Cc1ccccc1. The molecule has 0 saturated heterocycles. The Morgan fingerprint density at radius 3 is 1.78 bits per heavy atom. The Balaban J connectivity index is 1.95. The van der Waals surface area contributed by atoms with Crippen LogP contribution in [0.25, 0.3) is 0 Å². The number of benzene rings is 3. The van der Waals surface area contributed by atoms with Crippen molar-refractivity contribution in [3.05, 3.63) is 108 Å². The minimum Gasteiger partial charge on any atom is -0.395 e. The Morgan fingerprint density at radius 2 is 1.30 bits per heavy atom. The molecule has 0 aliphatic carbocycles. The van der Waals surface area contributed by atoms with Gasteiger partial charge in [0.15, 0.2) is 0 Å². The van der Waals surface area contributed by atoms with Gasteiger partial charge in [-0.3, -0.25) is 9.59 Å². The minimum atomic E-state index is -3.73. The average Bonchev–Trinajstić information content (AvgIpc) is 2.90. The van der Waals surface area contributed by atoms with Crippen LogP contribution in [0.4, 0.5) is 0 Å². The van der Waals surface area contributed by atoms with Crippen LogP contribution in [0.15, 0.2) is 91.0 Å².